The van der Waals surface area contributed by atoms with Crippen molar-refractivity contribution < 1.29 is 40.9 Å². The van der Waals surface area contributed by atoms with Crippen LogP contribution in [0.2, 0.25) is 0 Å². The Hall–Kier alpha value is -7.84. The topological polar surface area (TPSA) is 162 Å². The van der Waals surface area contributed by atoms with Crippen molar-refractivity contribution in [2.75, 3.05) is 0 Å². The van der Waals surface area contributed by atoms with Crippen molar-refractivity contribution in [3.05, 3.63) is 231 Å². The summed E-state index contributed by atoms with van der Waals surface area (Å²) in [5.74, 6) is 3.36. The number of para-hydroxylation sites is 1. The van der Waals surface area contributed by atoms with Crippen LogP contribution in [0.1, 0.15) is 134 Å². The van der Waals surface area contributed by atoms with Crippen molar-refractivity contribution in [3.63, 3.8) is 0 Å². The van der Waals surface area contributed by atoms with Crippen LogP contribution in [0, 0.1) is 166 Å². The molecule has 8 N–H and O–H groups in total. The van der Waals surface area contributed by atoms with Crippen molar-refractivity contribution in [3.8, 4) is 46.0 Å². The molecule has 0 amide bonds. The van der Waals surface area contributed by atoms with Crippen molar-refractivity contribution >= 4 is 0 Å². The Morgan fingerprint density at radius 3 is 0.863 bits per heavy atom. The maximum atomic E-state index is 9.57. The summed E-state index contributed by atoms with van der Waals surface area (Å²) in [6, 6.07) is 31.1. The van der Waals surface area contributed by atoms with Gasteiger partial charge < -0.3 is 40.9 Å². The third-order valence-electron chi connectivity index (χ3n) is 14.7. The fourth-order valence-electron chi connectivity index (χ4n) is 7.98. The minimum absolute atomic E-state index is 0.384. The molecule has 8 aromatic carbocycles. The zero-order valence-corrected chi connectivity index (χ0v) is 52.8. The Kier molecular flexibility index (Phi) is 28.3. The molecule has 8 nitrogen and oxygen atoms in total. The largest absolute Gasteiger partial charge is 0.508 e. The summed E-state index contributed by atoms with van der Waals surface area (Å²) in [7, 11) is 0. The lowest BCUT2D eigenvalue weighted by atomic mass is 10.00. The summed E-state index contributed by atoms with van der Waals surface area (Å²) in [5.41, 5.74) is 25.2. The second-order valence-corrected chi connectivity index (χ2v) is 21.6. The number of rotatable bonds is 0. The lowest BCUT2D eigenvalue weighted by molar-refractivity contribution is 0.465. The summed E-state index contributed by atoms with van der Waals surface area (Å²) in [6.07, 6.45) is 0. The molecule has 8 heteroatoms. The molecular formula is C72H96O8. The molecule has 0 bridgehead atoms. The summed E-state index contributed by atoms with van der Waals surface area (Å²) in [5, 5.41) is 74.7. The van der Waals surface area contributed by atoms with Gasteiger partial charge in [0.05, 0.1) is 0 Å². The molecule has 0 spiro atoms. The van der Waals surface area contributed by atoms with Gasteiger partial charge in [-0.1, -0.05) is 90.5 Å². The van der Waals surface area contributed by atoms with Crippen LogP contribution in [-0.4, -0.2) is 40.9 Å². The van der Waals surface area contributed by atoms with Crippen LogP contribution in [-0.2, 0) is 0 Å². The van der Waals surface area contributed by atoms with Crippen LogP contribution in [0.25, 0.3) is 0 Å². The molecule has 0 atom stereocenters. The van der Waals surface area contributed by atoms with Crippen molar-refractivity contribution in [2.24, 2.45) is 0 Å². The molecule has 0 aliphatic carbocycles. The number of hydrogen-bond donors (Lipinski definition) is 8. The molecule has 0 radical (unpaired) electrons. The minimum atomic E-state index is 0.384. The number of aryl methyl sites for hydroxylation is 18. The van der Waals surface area contributed by atoms with Crippen LogP contribution < -0.4 is 0 Å². The number of benzene rings is 8. The molecule has 0 aliphatic heterocycles. The quantitative estimate of drug-likeness (QED) is 0.0745. The molecule has 8 aromatic rings. The highest BCUT2D eigenvalue weighted by Gasteiger charge is 2.07. The van der Waals surface area contributed by atoms with E-state index in [1.165, 1.54) is 22.3 Å². The lowest BCUT2D eigenvalue weighted by Crippen LogP contribution is -1.89. The molecule has 0 saturated heterocycles. The van der Waals surface area contributed by atoms with Gasteiger partial charge in [0.2, 0.25) is 0 Å². The number of phenols is 8. The third kappa shape index (κ3) is 21.4. The van der Waals surface area contributed by atoms with Crippen molar-refractivity contribution in [2.45, 2.75) is 166 Å². The lowest BCUT2D eigenvalue weighted by Gasteiger charge is -2.09. The van der Waals surface area contributed by atoms with Gasteiger partial charge in [0, 0.05) is 0 Å². The standard InChI is InChI=1S/2C10H14O.4C9H12O.2C8H10O/c1-6-5-7(2)10(11)9(4)8(6)3;1-6-5-7(2)9(4)10(11)8(6)3;1-6-4-8(3)9(10)5-7(6)2;1-6-4-7(2)9(10)8(3)5-6;2*1-6-4-5-7(2)9(10)8(6)3;1-6-3-4-7(2)8(9)5-6;1-6-4-3-5-7(2)8(6)9/h2*5,11H,1-4H3;4*4-5,10H,1-3H3;2*3-5,9H,1-2H3. The van der Waals surface area contributed by atoms with Gasteiger partial charge in [-0.15, -0.1) is 0 Å². The van der Waals surface area contributed by atoms with E-state index in [-0.39, 0.29) is 0 Å². The van der Waals surface area contributed by atoms with Gasteiger partial charge in [0.1, 0.15) is 46.0 Å². The Morgan fingerprint density at radius 2 is 0.475 bits per heavy atom. The van der Waals surface area contributed by atoms with Gasteiger partial charge >= 0.3 is 0 Å². The van der Waals surface area contributed by atoms with Gasteiger partial charge in [-0.2, -0.15) is 0 Å². The first kappa shape index (κ1) is 70.2. The Labute approximate surface area is 481 Å². The number of phenolic OH excluding ortho intramolecular Hbond substituents is 8. The van der Waals surface area contributed by atoms with Gasteiger partial charge in [-0.3, -0.25) is 0 Å². The third-order valence-corrected chi connectivity index (χ3v) is 14.7. The molecule has 0 fully saturated rings. The van der Waals surface area contributed by atoms with E-state index in [4.69, 9.17) is 5.11 Å². The van der Waals surface area contributed by atoms with E-state index in [1.807, 2.05) is 238 Å². The van der Waals surface area contributed by atoms with Gasteiger partial charge in [-0.25, -0.2) is 0 Å². The highest BCUT2D eigenvalue weighted by atomic mass is 16.3. The van der Waals surface area contributed by atoms with Crippen molar-refractivity contribution in [1.82, 2.24) is 0 Å². The molecule has 0 saturated carbocycles. The number of hydrogen-bond acceptors (Lipinski definition) is 8. The zero-order chi connectivity index (χ0) is 61.8. The fraction of sp³-hybridized carbons (Fsp3) is 0.333. The SMILES string of the molecule is Cc1cc(C)c(C)c(O)c1C.Cc1cc(C)c(O)c(C)c1.Cc1cc(C)c(O)c(C)c1C.Cc1cc(C)c(O)cc1C.Cc1ccc(C)c(O)c1.Cc1ccc(C)c(O)c1C.Cc1ccc(C)c(O)c1C.Cc1cccc(C)c1O. The average molecular weight is 1090 g/mol. The van der Waals surface area contributed by atoms with Crippen LogP contribution >= 0.6 is 0 Å². The molecule has 0 heterocycles. The second-order valence-electron chi connectivity index (χ2n) is 21.6. The monoisotopic (exact) mass is 1090 g/mol. The predicted molar refractivity (Wildman–Crippen MR) is 339 cm³/mol. The molecule has 80 heavy (non-hydrogen) atoms. The van der Waals surface area contributed by atoms with E-state index >= 15 is 0 Å². The second kappa shape index (κ2) is 32.3. The smallest absolute Gasteiger partial charge is 0.121 e. The number of aromatic hydroxyl groups is 8. The zero-order valence-electron chi connectivity index (χ0n) is 52.8. The highest BCUT2D eigenvalue weighted by molar-refractivity contribution is 5.49. The van der Waals surface area contributed by atoms with Crippen LogP contribution in [0.3, 0.4) is 0 Å². The summed E-state index contributed by atoms with van der Waals surface area (Å²) >= 11 is 0. The van der Waals surface area contributed by atoms with Gasteiger partial charge in [-0.05, 0) is 306 Å². The fourth-order valence-corrected chi connectivity index (χ4v) is 7.98. The Morgan fingerprint density at radius 1 is 0.175 bits per heavy atom. The van der Waals surface area contributed by atoms with E-state index in [0.29, 0.717) is 46.0 Å². The first-order chi connectivity index (χ1) is 37.0. The average Bonchev–Trinajstić information content (AvgIpc) is 3.40. The van der Waals surface area contributed by atoms with Crippen LogP contribution in [0.4, 0.5) is 0 Å². The van der Waals surface area contributed by atoms with Crippen LogP contribution in [0.5, 0.6) is 46.0 Å². The van der Waals surface area contributed by atoms with E-state index in [0.717, 1.165) is 111 Å². The maximum absolute atomic E-state index is 9.57. The minimum Gasteiger partial charge on any atom is -0.508 e. The molecule has 0 aromatic heterocycles. The molecule has 0 aliphatic rings. The first-order valence-electron chi connectivity index (χ1n) is 27.1. The van der Waals surface area contributed by atoms with Crippen LogP contribution in [0.15, 0.2) is 97.1 Å². The molecule has 432 valence electrons. The van der Waals surface area contributed by atoms with E-state index in [1.54, 1.807) is 12.1 Å². The summed E-state index contributed by atoms with van der Waals surface area (Å²) < 4.78 is 0. The normalized spacial score (nSPS) is 9.90. The predicted octanol–water partition coefficient (Wildman–Crippen LogP) is 18.5. The summed E-state index contributed by atoms with van der Waals surface area (Å²) in [4.78, 5) is 0. The van der Waals surface area contributed by atoms with Gasteiger partial charge in [0.15, 0.2) is 0 Å². The molecular weight excluding hydrogens is 993 g/mol. The van der Waals surface area contributed by atoms with E-state index < -0.39 is 0 Å². The molecule has 0 unspecified atom stereocenters. The maximum Gasteiger partial charge on any atom is 0.121 e. The summed E-state index contributed by atoms with van der Waals surface area (Å²) in [6.45, 7) is 47.0. The van der Waals surface area contributed by atoms with E-state index in [2.05, 4.69) is 13.0 Å². The first-order valence-corrected chi connectivity index (χ1v) is 27.1. The van der Waals surface area contributed by atoms with Gasteiger partial charge in [0.25, 0.3) is 0 Å². The molecule has 8 rings (SSSR count). The highest BCUT2D eigenvalue weighted by Crippen LogP contribution is 2.29. The van der Waals surface area contributed by atoms with Crippen molar-refractivity contribution in [1.29, 1.82) is 0 Å². The Bertz CT molecular complexity index is 3020. The van der Waals surface area contributed by atoms with E-state index in [9.17, 15) is 35.7 Å². The Balaban J connectivity index is 0.000000458.